The molecular weight excluding hydrogens is 454 g/mol. The largest absolute Gasteiger partial charge is 0.453 e. The van der Waals surface area contributed by atoms with Gasteiger partial charge in [-0.1, -0.05) is 19.1 Å². The van der Waals surface area contributed by atoms with Crippen LogP contribution >= 0.6 is 0 Å². The van der Waals surface area contributed by atoms with Gasteiger partial charge in [-0.05, 0) is 57.9 Å². The summed E-state index contributed by atoms with van der Waals surface area (Å²) in [6, 6.07) is 4.83. The number of anilines is 1. The van der Waals surface area contributed by atoms with E-state index in [-0.39, 0.29) is 18.2 Å². The first-order valence-electron chi connectivity index (χ1n) is 11.5. The lowest BCUT2D eigenvalue weighted by Gasteiger charge is -2.22. The van der Waals surface area contributed by atoms with E-state index >= 15 is 0 Å². The fraction of sp³-hybridized carbons (Fsp3) is 0.542. The van der Waals surface area contributed by atoms with E-state index in [9.17, 15) is 24.0 Å². The van der Waals surface area contributed by atoms with Gasteiger partial charge in [0.25, 0.3) is 0 Å². The molecule has 0 spiro atoms. The van der Waals surface area contributed by atoms with Crippen LogP contribution in [0.15, 0.2) is 24.3 Å². The van der Waals surface area contributed by atoms with E-state index in [0.717, 1.165) is 0 Å². The first kappa shape index (κ1) is 29.6. The maximum atomic E-state index is 12.7. The maximum Gasteiger partial charge on any atom is 0.397 e. The summed E-state index contributed by atoms with van der Waals surface area (Å²) in [5.41, 5.74) is 5.75. The van der Waals surface area contributed by atoms with Gasteiger partial charge in [0.05, 0.1) is 0 Å². The number of carbonyl (C=O) groups excluding carboxylic acids is 5. The highest BCUT2D eigenvalue weighted by atomic mass is 16.6. The van der Waals surface area contributed by atoms with Crippen molar-refractivity contribution in [3.8, 4) is 0 Å². The van der Waals surface area contributed by atoms with E-state index in [1.54, 1.807) is 52.0 Å². The fourth-order valence-corrected chi connectivity index (χ4v) is 2.98. The summed E-state index contributed by atoms with van der Waals surface area (Å²) in [7, 11) is 0. The SMILES string of the molecule is CC[C@H](NC(C)=O)C(=O)N[C@@H](Cc1ccc(NC(=O)C(=O)OC(C)(C)C)cc1)C(=O)NCCCN. The second kappa shape index (κ2) is 14.1. The molecule has 0 bridgehead atoms. The monoisotopic (exact) mass is 491 g/mol. The summed E-state index contributed by atoms with van der Waals surface area (Å²) in [4.78, 5) is 60.7. The molecule has 0 heterocycles. The average Bonchev–Trinajstić information content (AvgIpc) is 2.76. The van der Waals surface area contributed by atoms with Gasteiger partial charge in [0.15, 0.2) is 0 Å². The second-order valence-electron chi connectivity index (χ2n) is 9.01. The Balaban J connectivity index is 2.91. The smallest absolute Gasteiger partial charge is 0.397 e. The molecule has 6 N–H and O–H groups in total. The lowest BCUT2D eigenvalue weighted by molar-refractivity contribution is -0.161. The van der Waals surface area contributed by atoms with Gasteiger partial charge in [-0.3, -0.25) is 19.2 Å². The van der Waals surface area contributed by atoms with Crippen molar-refractivity contribution in [3.05, 3.63) is 29.8 Å². The number of nitrogens with one attached hydrogen (secondary N) is 4. The van der Waals surface area contributed by atoms with Crippen LogP contribution in [0.5, 0.6) is 0 Å². The molecule has 194 valence electrons. The van der Waals surface area contributed by atoms with Crippen molar-refractivity contribution in [3.63, 3.8) is 0 Å². The fourth-order valence-electron chi connectivity index (χ4n) is 2.98. The molecule has 35 heavy (non-hydrogen) atoms. The Hall–Kier alpha value is -3.47. The zero-order valence-electron chi connectivity index (χ0n) is 21.0. The molecule has 0 aliphatic carbocycles. The van der Waals surface area contributed by atoms with Gasteiger partial charge >= 0.3 is 11.9 Å². The molecule has 0 aliphatic heterocycles. The highest BCUT2D eigenvalue weighted by Gasteiger charge is 2.26. The van der Waals surface area contributed by atoms with E-state index in [0.29, 0.717) is 37.2 Å². The Morgan fingerprint density at radius 2 is 1.60 bits per heavy atom. The molecule has 0 radical (unpaired) electrons. The maximum absolute atomic E-state index is 12.7. The van der Waals surface area contributed by atoms with Gasteiger partial charge in [0.2, 0.25) is 17.7 Å². The van der Waals surface area contributed by atoms with Crippen molar-refractivity contribution in [2.75, 3.05) is 18.4 Å². The first-order chi connectivity index (χ1) is 16.4. The van der Waals surface area contributed by atoms with Crippen LogP contribution in [0.3, 0.4) is 0 Å². The predicted molar refractivity (Wildman–Crippen MR) is 131 cm³/mol. The lowest BCUT2D eigenvalue weighted by Crippen LogP contribution is -2.54. The molecule has 0 aliphatic rings. The van der Waals surface area contributed by atoms with Gasteiger partial charge in [-0.2, -0.15) is 0 Å². The third-order valence-corrected chi connectivity index (χ3v) is 4.65. The number of nitrogens with two attached hydrogens (primary N) is 1. The van der Waals surface area contributed by atoms with Crippen LogP contribution in [0.4, 0.5) is 5.69 Å². The van der Waals surface area contributed by atoms with Crippen LogP contribution in [0.1, 0.15) is 53.0 Å². The standard InChI is InChI=1S/C24H37N5O6/c1-6-18(27-15(2)30)21(32)29-19(20(31)26-13-7-12-25)14-16-8-10-17(11-9-16)28-22(33)23(34)35-24(3,4)5/h8-11,18-19H,6-7,12-14,25H2,1-5H3,(H,26,31)(H,27,30)(H,28,33)(H,29,32)/t18-,19-/m0/s1. The number of hydrogen-bond donors (Lipinski definition) is 5. The van der Waals surface area contributed by atoms with Crippen LogP contribution in [-0.4, -0.2) is 60.4 Å². The van der Waals surface area contributed by atoms with E-state index in [1.165, 1.54) is 6.92 Å². The van der Waals surface area contributed by atoms with Crippen LogP contribution in [0.2, 0.25) is 0 Å². The van der Waals surface area contributed by atoms with E-state index in [4.69, 9.17) is 10.5 Å². The molecule has 1 rings (SSSR count). The van der Waals surface area contributed by atoms with Crippen LogP contribution in [-0.2, 0) is 35.1 Å². The van der Waals surface area contributed by atoms with Crippen molar-refractivity contribution in [2.24, 2.45) is 5.73 Å². The molecule has 11 heteroatoms. The number of carbonyl (C=O) groups is 5. The van der Waals surface area contributed by atoms with Crippen molar-refractivity contribution < 1.29 is 28.7 Å². The normalized spacial score (nSPS) is 12.6. The van der Waals surface area contributed by atoms with Crippen molar-refractivity contribution >= 4 is 35.3 Å². The minimum absolute atomic E-state index is 0.164. The molecule has 11 nitrogen and oxygen atoms in total. The number of esters is 1. The Labute approximate surface area is 205 Å². The third kappa shape index (κ3) is 11.5. The van der Waals surface area contributed by atoms with E-state index in [1.807, 2.05) is 0 Å². The Morgan fingerprint density at radius 1 is 0.971 bits per heavy atom. The molecule has 0 saturated heterocycles. The summed E-state index contributed by atoms with van der Waals surface area (Å²) >= 11 is 0. The quantitative estimate of drug-likeness (QED) is 0.169. The lowest BCUT2D eigenvalue weighted by atomic mass is 10.0. The molecule has 0 saturated carbocycles. The van der Waals surface area contributed by atoms with Crippen molar-refractivity contribution in [2.45, 2.75) is 71.6 Å². The van der Waals surface area contributed by atoms with Crippen molar-refractivity contribution in [1.29, 1.82) is 0 Å². The third-order valence-electron chi connectivity index (χ3n) is 4.65. The Bertz CT molecular complexity index is 895. The molecule has 0 unspecified atom stereocenters. The van der Waals surface area contributed by atoms with Gasteiger partial charge in [0, 0.05) is 25.6 Å². The van der Waals surface area contributed by atoms with Gasteiger partial charge < -0.3 is 31.7 Å². The average molecular weight is 492 g/mol. The minimum Gasteiger partial charge on any atom is -0.453 e. The number of benzene rings is 1. The summed E-state index contributed by atoms with van der Waals surface area (Å²) in [5.74, 6) is -3.10. The highest BCUT2D eigenvalue weighted by molar-refractivity contribution is 6.37. The molecule has 4 amide bonds. The topological polar surface area (TPSA) is 169 Å². The number of ether oxygens (including phenoxy) is 1. The number of rotatable bonds is 11. The van der Waals surface area contributed by atoms with Gasteiger partial charge in [0.1, 0.15) is 17.7 Å². The molecule has 2 atom stereocenters. The van der Waals surface area contributed by atoms with Crippen molar-refractivity contribution in [1.82, 2.24) is 16.0 Å². The summed E-state index contributed by atoms with van der Waals surface area (Å²) in [6.45, 7) is 8.82. The zero-order valence-corrected chi connectivity index (χ0v) is 21.0. The number of amides is 4. The minimum atomic E-state index is -0.997. The van der Waals surface area contributed by atoms with Gasteiger partial charge in [-0.15, -0.1) is 0 Å². The zero-order chi connectivity index (χ0) is 26.6. The second-order valence-corrected chi connectivity index (χ2v) is 9.01. The molecule has 1 aromatic carbocycles. The summed E-state index contributed by atoms with van der Waals surface area (Å²) in [5, 5.41) is 10.5. The van der Waals surface area contributed by atoms with E-state index in [2.05, 4.69) is 21.3 Å². The van der Waals surface area contributed by atoms with Crippen LogP contribution in [0, 0.1) is 0 Å². The first-order valence-corrected chi connectivity index (χ1v) is 11.5. The van der Waals surface area contributed by atoms with Gasteiger partial charge in [-0.25, -0.2) is 4.79 Å². The summed E-state index contributed by atoms with van der Waals surface area (Å²) < 4.78 is 5.03. The molecule has 1 aromatic rings. The highest BCUT2D eigenvalue weighted by Crippen LogP contribution is 2.13. The van der Waals surface area contributed by atoms with Crippen LogP contribution in [0.25, 0.3) is 0 Å². The molecule has 0 aromatic heterocycles. The molecular formula is C24H37N5O6. The Kier molecular flexibility index (Phi) is 11.9. The summed E-state index contributed by atoms with van der Waals surface area (Å²) in [6.07, 6.45) is 1.11. The number of hydrogen-bond acceptors (Lipinski definition) is 7. The molecule has 0 fully saturated rings. The van der Waals surface area contributed by atoms with Crippen LogP contribution < -0.4 is 27.0 Å². The predicted octanol–water partition coefficient (Wildman–Crippen LogP) is 0.374. The Morgan fingerprint density at radius 3 is 2.11 bits per heavy atom. The van der Waals surface area contributed by atoms with E-state index < -0.39 is 35.5 Å².